The fourth-order valence-corrected chi connectivity index (χ4v) is 3.21. The van der Waals surface area contributed by atoms with Crippen LogP contribution >= 0.6 is 0 Å². The Morgan fingerprint density at radius 3 is 2.54 bits per heavy atom. The average Bonchev–Trinajstić information content (AvgIpc) is 2.70. The molecule has 1 aliphatic heterocycles. The van der Waals surface area contributed by atoms with Crippen LogP contribution in [0.2, 0.25) is 0 Å². The maximum Gasteiger partial charge on any atom is 0.162 e. The molecule has 0 bridgehead atoms. The number of aromatic nitrogens is 3. The number of aryl methyl sites for hydroxylation is 1. The van der Waals surface area contributed by atoms with Crippen molar-refractivity contribution >= 4 is 5.82 Å². The number of nitrogens with one attached hydrogen (secondary N) is 2. The van der Waals surface area contributed by atoms with E-state index in [1.54, 1.807) is 12.4 Å². The molecule has 5 nitrogen and oxygen atoms in total. The van der Waals surface area contributed by atoms with Gasteiger partial charge in [0.15, 0.2) is 5.82 Å². The molecule has 1 fully saturated rings. The van der Waals surface area contributed by atoms with Crippen LogP contribution in [-0.2, 0) is 0 Å². The Morgan fingerprint density at radius 1 is 1.00 bits per heavy atom. The van der Waals surface area contributed by atoms with E-state index in [0.717, 1.165) is 48.0 Å². The van der Waals surface area contributed by atoms with E-state index in [0.29, 0.717) is 6.04 Å². The van der Waals surface area contributed by atoms with Gasteiger partial charge in [-0.25, -0.2) is 9.97 Å². The van der Waals surface area contributed by atoms with Gasteiger partial charge < -0.3 is 10.6 Å². The van der Waals surface area contributed by atoms with Crippen molar-refractivity contribution in [2.24, 2.45) is 0 Å². The Balaban J connectivity index is 1.72. The lowest BCUT2D eigenvalue weighted by molar-refractivity contribution is 0.479. The molecule has 0 aliphatic carbocycles. The molecular formula is C21H23N5. The molecule has 1 saturated heterocycles. The lowest BCUT2D eigenvalue weighted by Crippen LogP contribution is -2.38. The first-order valence-electron chi connectivity index (χ1n) is 9.12. The first-order valence-corrected chi connectivity index (χ1v) is 9.12. The van der Waals surface area contributed by atoms with Gasteiger partial charge in [0.25, 0.3) is 0 Å². The van der Waals surface area contributed by atoms with Gasteiger partial charge in [-0.15, -0.1) is 0 Å². The Labute approximate surface area is 153 Å². The maximum absolute atomic E-state index is 4.80. The predicted molar refractivity (Wildman–Crippen MR) is 105 cm³/mol. The zero-order valence-corrected chi connectivity index (χ0v) is 14.9. The van der Waals surface area contributed by atoms with E-state index in [9.17, 15) is 0 Å². The van der Waals surface area contributed by atoms with Gasteiger partial charge in [-0.3, -0.25) is 4.98 Å². The molecule has 5 heteroatoms. The normalized spacial score (nSPS) is 17.0. The van der Waals surface area contributed by atoms with Gasteiger partial charge in [0, 0.05) is 42.2 Å². The average molecular weight is 345 g/mol. The van der Waals surface area contributed by atoms with Crippen LogP contribution in [0, 0.1) is 6.92 Å². The Hall–Kier alpha value is -2.79. The maximum atomic E-state index is 4.80. The third-order valence-electron chi connectivity index (χ3n) is 4.66. The second-order valence-electron chi connectivity index (χ2n) is 6.75. The number of piperidine rings is 1. The van der Waals surface area contributed by atoms with E-state index >= 15 is 0 Å². The van der Waals surface area contributed by atoms with Crippen LogP contribution < -0.4 is 10.6 Å². The SMILES string of the molecule is Cc1ccc(-c2nc(NC3CCCNC3)cc(-c3ccncc3)n2)cc1. The van der Waals surface area contributed by atoms with E-state index in [2.05, 4.69) is 46.8 Å². The smallest absolute Gasteiger partial charge is 0.162 e. The summed E-state index contributed by atoms with van der Waals surface area (Å²) in [5, 5.41) is 7.02. The third-order valence-corrected chi connectivity index (χ3v) is 4.66. The molecular weight excluding hydrogens is 322 g/mol. The molecule has 2 aromatic heterocycles. The summed E-state index contributed by atoms with van der Waals surface area (Å²) in [6.45, 7) is 4.15. The summed E-state index contributed by atoms with van der Waals surface area (Å²) in [5.74, 6) is 1.61. The summed E-state index contributed by atoms with van der Waals surface area (Å²) in [5.41, 5.74) is 4.20. The Kier molecular flexibility index (Phi) is 4.88. The van der Waals surface area contributed by atoms with Crippen molar-refractivity contribution in [3.8, 4) is 22.6 Å². The fraction of sp³-hybridized carbons (Fsp3) is 0.286. The van der Waals surface area contributed by atoms with Gasteiger partial charge in [0.05, 0.1) is 5.69 Å². The summed E-state index contributed by atoms with van der Waals surface area (Å²) in [4.78, 5) is 13.7. The van der Waals surface area contributed by atoms with Crippen molar-refractivity contribution in [1.82, 2.24) is 20.3 Å². The summed E-state index contributed by atoms with van der Waals surface area (Å²) < 4.78 is 0. The standard InChI is InChI=1S/C21H23N5/c1-15-4-6-17(7-5-15)21-25-19(16-8-11-22-12-9-16)13-20(26-21)24-18-3-2-10-23-14-18/h4-9,11-13,18,23H,2-3,10,14H2,1H3,(H,24,25,26). The molecule has 0 amide bonds. The Morgan fingerprint density at radius 2 is 1.81 bits per heavy atom. The van der Waals surface area contributed by atoms with Crippen LogP contribution in [0.25, 0.3) is 22.6 Å². The summed E-state index contributed by atoms with van der Waals surface area (Å²) in [6, 6.07) is 14.7. The van der Waals surface area contributed by atoms with E-state index in [1.165, 1.54) is 12.0 Å². The highest BCUT2D eigenvalue weighted by atomic mass is 15.1. The van der Waals surface area contributed by atoms with Crippen LogP contribution in [0.3, 0.4) is 0 Å². The van der Waals surface area contributed by atoms with Gasteiger partial charge in [0.1, 0.15) is 5.82 Å². The van der Waals surface area contributed by atoms with Crippen molar-refractivity contribution in [3.63, 3.8) is 0 Å². The molecule has 1 unspecified atom stereocenters. The summed E-state index contributed by atoms with van der Waals surface area (Å²) >= 11 is 0. The van der Waals surface area contributed by atoms with Crippen molar-refractivity contribution < 1.29 is 0 Å². The van der Waals surface area contributed by atoms with Crippen molar-refractivity contribution in [2.45, 2.75) is 25.8 Å². The Bertz CT molecular complexity index is 855. The lowest BCUT2D eigenvalue weighted by Gasteiger charge is -2.24. The number of nitrogens with zero attached hydrogens (tertiary/aromatic N) is 3. The predicted octanol–water partition coefficient (Wildman–Crippen LogP) is 3.68. The zero-order valence-electron chi connectivity index (χ0n) is 14.9. The lowest BCUT2D eigenvalue weighted by atomic mass is 10.1. The van der Waals surface area contributed by atoms with Crippen LogP contribution in [0.15, 0.2) is 54.9 Å². The first-order chi connectivity index (χ1) is 12.8. The molecule has 0 spiro atoms. The van der Waals surface area contributed by atoms with Crippen molar-refractivity contribution in [2.75, 3.05) is 18.4 Å². The number of rotatable bonds is 4. The number of benzene rings is 1. The molecule has 0 saturated carbocycles. The zero-order chi connectivity index (χ0) is 17.8. The van der Waals surface area contributed by atoms with Crippen LogP contribution in [0.4, 0.5) is 5.82 Å². The number of hydrogen-bond donors (Lipinski definition) is 2. The molecule has 0 radical (unpaired) electrons. The van der Waals surface area contributed by atoms with E-state index in [4.69, 9.17) is 9.97 Å². The largest absolute Gasteiger partial charge is 0.366 e. The van der Waals surface area contributed by atoms with Gasteiger partial charge in [-0.1, -0.05) is 29.8 Å². The van der Waals surface area contributed by atoms with Gasteiger partial charge in [-0.05, 0) is 38.4 Å². The van der Waals surface area contributed by atoms with Crippen molar-refractivity contribution in [1.29, 1.82) is 0 Å². The van der Waals surface area contributed by atoms with Crippen LogP contribution in [0.5, 0.6) is 0 Å². The molecule has 4 rings (SSSR count). The molecule has 1 aliphatic rings. The van der Waals surface area contributed by atoms with Gasteiger partial charge in [-0.2, -0.15) is 0 Å². The van der Waals surface area contributed by atoms with Crippen LogP contribution in [-0.4, -0.2) is 34.1 Å². The second kappa shape index (κ2) is 7.62. The summed E-state index contributed by atoms with van der Waals surface area (Å²) in [6.07, 6.45) is 5.93. The highest BCUT2D eigenvalue weighted by molar-refractivity contribution is 5.67. The first kappa shape index (κ1) is 16.7. The molecule has 3 aromatic rings. The molecule has 26 heavy (non-hydrogen) atoms. The molecule has 1 aromatic carbocycles. The minimum Gasteiger partial charge on any atom is -0.366 e. The number of anilines is 1. The third kappa shape index (κ3) is 3.89. The van der Waals surface area contributed by atoms with E-state index in [1.807, 2.05) is 18.2 Å². The monoisotopic (exact) mass is 345 g/mol. The quantitative estimate of drug-likeness (QED) is 0.755. The highest BCUT2D eigenvalue weighted by Crippen LogP contribution is 2.25. The van der Waals surface area contributed by atoms with Gasteiger partial charge in [0.2, 0.25) is 0 Å². The fourth-order valence-electron chi connectivity index (χ4n) is 3.21. The van der Waals surface area contributed by atoms with Gasteiger partial charge >= 0.3 is 0 Å². The van der Waals surface area contributed by atoms with Crippen LogP contribution in [0.1, 0.15) is 18.4 Å². The summed E-state index contributed by atoms with van der Waals surface area (Å²) in [7, 11) is 0. The minimum atomic E-state index is 0.398. The molecule has 1 atom stereocenters. The highest BCUT2D eigenvalue weighted by Gasteiger charge is 2.15. The minimum absolute atomic E-state index is 0.398. The molecule has 132 valence electrons. The van der Waals surface area contributed by atoms with E-state index < -0.39 is 0 Å². The number of hydrogen-bond acceptors (Lipinski definition) is 5. The topological polar surface area (TPSA) is 62.7 Å². The number of pyridine rings is 1. The molecule has 3 heterocycles. The van der Waals surface area contributed by atoms with E-state index in [-0.39, 0.29) is 0 Å². The van der Waals surface area contributed by atoms with Crippen molar-refractivity contribution in [3.05, 3.63) is 60.4 Å². The molecule has 2 N–H and O–H groups in total. The second-order valence-corrected chi connectivity index (χ2v) is 6.75.